The molecule has 2 aliphatic rings. The summed E-state index contributed by atoms with van der Waals surface area (Å²) >= 11 is 5.85. The third-order valence-corrected chi connectivity index (χ3v) is 6.56. The molecular formula is C28H26ClN3O4. The topological polar surface area (TPSA) is 88.7 Å². The van der Waals surface area contributed by atoms with Crippen LogP contribution in [-0.2, 0) is 20.8 Å². The van der Waals surface area contributed by atoms with Crippen LogP contribution in [-0.4, -0.2) is 37.3 Å². The van der Waals surface area contributed by atoms with Crippen molar-refractivity contribution in [1.82, 2.24) is 16.1 Å². The number of benzene rings is 3. The highest BCUT2D eigenvalue weighted by Crippen LogP contribution is 2.44. The Morgan fingerprint density at radius 1 is 0.944 bits per heavy atom. The van der Waals surface area contributed by atoms with Crippen molar-refractivity contribution in [2.24, 2.45) is 0 Å². The Balaban J connectivity index is 1.24. The van der Waals surface area contributed by atoms with E-state index in [0.29, 0.717) is 11.6 Å². The number of hydrogen-bond donors (Lipinski definition) is 3. The summed E-state index contributed by atoms with van der Waals surface area (Å²) in [4.78, 5) is 31.1. The fourth-order valence-corrected chi connectivity index (χ4v) is 4.81. The molecule has 0 bridgehead atoms. The van der Waals surface area contributed by atoms with Crippen molar-refractivity contribution in [3.05, 3.63) is 107 Å². The van der Waals surface area contributed by atoms with Crippen LogP contribution < -0.4 is 16.1 Å². The molecule has 3 aromatic carbocycles. The largest absolute Gasteiger partial charge is 0.449 e. The molecule has 0 spiro atoms. The monoisotopic (exact) mass is 503 g/mol. The van der Waals surface area contributed by atoms with Gasteiger partial charge in [-0.25, -0.2) is 4.79 Å². The Bertz CT molecular complexity index is 1240. The van der Waals surface area contributed by atoms with Crippen molar-refractivity contribution < 1.29 is 19.2 Å². The second kappa shape index (κ2) is 10.8. The van der Waals surface area contributed by atoms with Gasteiger partial charge in [0.2, 0.25) is 5.91 Å². The van der Waals surface area contributed by atoms with Crippen LogP contribution in [0.1, 0.15) is 22.6 Å². The van der Waals surface area contributed by atoms with Crippen molar-refractivity contribution in [2.75, 3.05) is 13.2 Å². The van der Waals surface area contributed by atoms with E-state index in [0.717, 1.165) is 27.8 Å². The molecule has 2 amide bonds. The Morgan fingerprint density at radius 2 is 1.58 bits per heavy atom. The summed E-state index contributed by atoms with van der Waals surface area (Å²) in [6, 6.07) is 25.0. The van der Waals surface area contributed by atoms with Crippen LogP contribution in [0.3, 0.4) is 0 Å². The molecule has 0 radical (unpaired) electrons. The molecule has 1 unspecified atom stereocenters. The van der Waals surface area contributed by atoms with Gasteiger partial charge in [0.25, 0.3) is 0 Å². The van der Waals surface area contributed by atoms with Crippen LogP contribution in [0.2, 0.25) is 0 Å². The van der Waals surface area contributed by atoms with Crippen LogP contribution in [0.5, 0.6) is 0 Å². The van der Waals surface area contributed by atoms with Crippen molar-refractivity contribution >= 4 is 23.6 Å². The first-order chi connectivity index (χ1) is 17.6. The van der Waals surface area contributed by atoms with Gasteiger partial charge in [0.05, 0.1) is 6.54 Å². The predicted molar refractivity (Wildman–Crippen MR) is 137 cm³/mol. The van der Waals surface area contributed by atoms with Gasteiger partial charge in [-0.05, 0) is 33.9 Å². The van der Waals surface area contributed by atoms with Crippen LogP contribution in [0, 0.1) is 0 Å². The molecule has 8 heteroatoms. The van der Waals surface area contributed by atoms with E-state index in [1.807, 2.05) is 54.6 Å². The second-order valence-electron chi connectivity index (χ2n) is 8.73. The molecule has 0 fully saturated rings. The Morgan fingerprint density at radius 3 is 2.22 bits per heavy atom. The van der Waals surface area contributed by atoms with Crippen LogP contribution in [0.15, 0.2) is 90.1 Å². The van der Waals surface area contributed by atoms with Gasteiger partial charge in [0, 0.05) is 12.3 Å². The van der Waals surface area contributed by atoms with Crippen molar-refractivity contribution in [3.8, 4) is 11.1 Å². The summed E-state index contributed by atoms with van der Waals surface area (Å²) in [5, 5.41) is 5.93. The summed E-state index contributed by atoms with van der Waals surface area (Å²) in [7, 11) is 0. The lowest BCUT2D eigenvalue weighted by Gasteiger charge is -2.20. The number of alkyl carbamates (subject to hydrolysis) is 1. The summed E-state index contributed by atoms with van der Waals surface area (Å²) in [6.07, 6.45) is 0.937. The minimum Gasteiger partial charge on any atom is -0.449 e. The Hall–Kier alpha value is -3.81. The zero-order valence-corrected chi connectivity index (χ0v) is 20.2. The first kappa shape index (κ1) is 23.9. The maximum Gasteiger partial charge on any atom is 0.407 e. The zero-order valence-electron chi connectivity index (χ0n) is 19.4. The van der Waals surface area contributed by atoms with E-state index >= 15 is 0 Å². The minimum atomic E-state index is -0.822. The van der Waals surface area contributed by atoms with Crippen molar-refractivity contribution in [1.29, 1.82) is 0 Å². The van der Waals surface area contributed by atoms with E-state index in [-0.39, 0.29) is 25.0 Å². The van der Waals surface area contributed by atoms with Crippen LogP contribution in [0.4, 0.5) is 4.79 Å². The summed E-state index contributed by atoms with van der Waals surface area (Å²) in [5.41, 5.74) is 8.01. The fraction of sp³-hybridized carbons (Fsp3) is 0.214. The molecule has 7 nitrogen and oxygen atoms in total. The zero-order chi connectivity index (χ0) is 24.9. The highest BCUT2D eigenvalue weighted by Gasteiger charge is 2.30. The minimum absolute atomic E-state index is 0.0619. The number of fused-ring (bicyclic) bond motifs is 3. The number of nitrogens with one attached hydrogen (secondary N) is 3. The standard InChI is InChI=1S/C28H26ClN3O4/c29-26-15-19(36-32-26)16-30-27(33)25(14-18-8-2-1-3-9-18)31-28(34)35-17-24-22-12-6-4-10-20(22)21-11-5-7-13-23(21)24/h1-13,15,19,24-25,32H,14,16-17H2,(H,30,33)(H,31,34)/t19?,25-/m0/s1. The van der Waals surface area contributed by atoms with Crippen molar-refractivity contribution in [3.63, 3.8) is 0 Å². The van der Waals surface area contributed by atoms with Crippen LogP contribution >= 0.6 is 11.6 Å². The molecular weight excluding hydrogens is 478 g/mol. The van der Waals surface area contributed by atoms with E-state index in [9.17, 15) is 9.59 Å². The molecule has 0 saturated heterocycles. The van der Waals surface area contributed by atoms with E-state index < -0.39 is 18.2 Å². The van der Waals surface area contributed by atoms with Gasteiger partial charge in [-0.15, -0.1) is 0 Å². The molecule has 0 saturated carbocycles. The van der Waals surface area contributed by atoms with Gasteiger partial charge in [-0.2, -0.15) is 0 Å². The van der Waals surface area contributed by atoms with Crippen LogP contribution in [0.25, 0.3) is 11.1 Å². The molecule has 1 aliphatic carbocycles. The summed E-state index contributed by atoms with van der Waals surface area (Å²) in [6.45, 7) is 0.379. The first-order valence-corrected chi connectivity index (χ1v) is 12.2. The average molecular weight is 504 g/mol. The van der Waals surface area contributed by atoms with Gasteiger partial charge in [-0.3, -0.25) is 15.1 Å². The third-order valence-electron chi connectivity index (χ3n) is 6.35. The van der Waals surface area contributed by atoms with Gasteiger partial charge in [0.15, 0.2) is 0 Å². The lowest BCUT2D eigenvalue weighted by Crippen LogP contribution is -2.49. The normalized spacial score (nSPS) is 16.8. The maximum atomic E-state index is 13.0. The van der Waals surface area contributed by atoms with E-state index in [2.05, 4.69) is 40.4 Å². The molecule has 1 aliphatic heterocycles. The molecule has 36 heavy (non-hydrogen) atoms. The summed E-state index contributed by atoms with van der Waals surface area (Å²) < 4.78 is 5.66. The Labute approximate surface area is 214 Å². The van der Waals surface area contributed by atoms with Crippen molar-refractivity contribution in [2.45, 2.75) is 24.5 Å². The third kappa shape index (κ3) is 5.37. The smallest absolute Gasteiger partial charge is 0.407 e. The highest BCUT2D eigenvalue weighted by atomic mass is 35.5. The molecule has 184 valence electrons. The number of rotatable bonds is 8. The van der Waals surface area contributed by atoms with Gasteiger partial charge < -0.3 is 15.4 Å². The van der Waals surface area contributed by atoms with Gasteiger partial charge in [-0.1, -0.05) is 90.5 Å². The van der Waals surface area contributed by atoms with E-state index in [4.69, 9.17) is 21.2 Å². The number of hydroxylamine groups is 1. The fourth-order valence-electron chi connectivity index (χ4n) is 4.63. The number of carbonyl (C=O) groups is 2. The second-order valence-corrected chi connectivity index (χ2v) is 9.14. The molecule has 1 heterocycles. The number of carbonyl (C=O) groups excluding carboxylic acids is 2. The number of amides is 2. The maximum absolute atomic E-state index is 13.0. The molecule has 2 atom stereocenters. The molecule has 3 aromatic rings. The quantitative estimate of drug-likeness (QED) is 0.400. The number of hydrogen-bond acceptors (Lipinski definition) is 5. The van der Waals surface area contributed by atoms with E-state index in [1.54, 1.807) is 6.08 Å². The first-order valence-electron chi connectivity index (χ1n) is 11.8. The molecule has 0 aromatic heterocycles. The number of ether oxygens (including phenoxy) is 1. The molecule has 3 N–H and O–H groups in total. The highest BCUT2D eigenvalue weighted by molar-refractivity contribution is 6.29. The Kier molecular flexibility index (Phi) is 7.21. The molecule has 5 rings (SSSR count). The summed E-state index contributed by atoms with van der Waals surface area (Å²) in [5.74, 6) is -0.402. The average Bonchev–Trinajstić information content (AvgIpc) is 3.47. The van der Waals surface area contributed by atoms with E-state index in [1.165, 1.54) is 0 Å². The van der Waals surface area contributed by atoms with Gasteiger partial charge >= 0.3 is 6.09 Å². The lowest BCUT2D eigenvalue weighted by molar-refractivity contribution is -0.123. The SMILES string of the molecule is O=C(N[C@@H](Cc1ccccc1)C(=O)NCC1C=C(Cl)NO1)OCC1c2ccccc2-c2ccccc21. The predicted octanol–water partition coefficient (Wildman–Crippen LogP) is 4.24. The number of halogens is 1. The lowest BCUT2D eigenvalue weighted by atomic mass is 9.98. The van der Waals surface area contributed by atoms with Gasteiger partial charge in [0.1, 0.15) is 23.9 Å².